The number of carbonyl (C=O) groups is 1. The van der Waals surface area contributed by atoms with Crippen molar-refractivity contribution in [2.24, 2.45) is 0 Å². The van der Waals surface area contributed by atoms with Crippen LogP contribution in [-0.2, 0) is 0 Å². The fourth-order valence-electron chi connectivity index (χ4n) is 1.00. The molecule has 1 heterocycles. The van der Waals surface area contributed by atoms with Gasteiger partial charge in [0.05, 0.1) is 5.56 Å². The summed E-state index contributed by atoms with van der Waals surface area (Å²) in [6.07, 6.45) is 2.88. The van der Waals surface area contributed by atoms with Crippen molar-refractivity contribution >= 4 is 17.7 Å². The summed E-state index contributed by atoms with van der Waals surface area (Å²) in [6, 6.07) is 2.98. The highest BCUT2D eigenvalue weighted by atomic mass is 32.2. The van der Waals surface area contributed by atoms with Crippen LogP contribution in [0.2, 0.25) is 0 Å². The lowest BCUT2D eigenvalue weighted by atomic mass is 10.2. The second-order valence-electron chi connectivity index (χ2n) is 2.73. The molecule has 0 radical (unpaired) electrons. The van der Waals surface area contributed by atoms with Crippen LogP contribution >= 0.6 is 11.8 Å². The zero-order valence-corrected chi connectivity index (χ0v) is 9.14. The van der Waals surface area contributed by atoms with Crippen LogP contribution in [0.4, 0.5) is 8.78 Å². The first-order valence-electron chi connectivity index (χ1n) is 4.44. The topological polar surface area (TPSA) is 42.0 Å². The molecule has 3 nitrogen and oxygen atoms in total. The molecule has 0 atom stereocenters. The predicted molar refractivity (Wildman–Crippen MR) is 58.6 cm³/mol. The number of aromatic nitrogens is 1. The summed E-state index contributed by atoms with van der Waals surface area (Å²) in [5, 5.41) is 2.53. The lowest BCUT2D eigenvalue weighted by Crippen LogP contribution is -2.24. The Morgan fingerprint density at radius 3 is 3.06 bits per heavy atom. The molecular weight excluding hydrogens is 234 g/mol. The van der Waals surface area contributed by atoms with Gasteiger partial charge in [0.15, 0.2) is 0 Å². The number of nitrogens with zero attached hydrogens (tertiary/aromatic N) is 1. The van der Waals surface area contributed by atoms with Gasteiger partial charge in [0.25, 0.3) is 11.7 Å². The van der Waals surface area contributed by atoms with Crippen molar-refractivity contribution in [1.82, 2.24) is 10.3 Å². The molecule has 0 unspecified atom stereocenters. The Bertz CT molecular complexity index is 385. The van der Waals surface area contributed by atoms with Crippen molar-refractivity contribution in [2.45, 2.75) is 10.8 Å². The monoisotopic (exact) mass is 244 g/mol. The Morgan fingerprint density at radius 1 is 1.69 bits per heavy atom. The number of hydrogen-bond donors (Lipinski definition) is 1. The number of rotatable bonds is 5. The Labute approximate surface area is 96.0 Å². The lowest BCUT2D eigenvalue weighted by Gasteiger charge is -2.06. The van der Waals surface area contributed by atoms with E-state index in [2.05, 4.69) is 16.9 Å². The average molecular weight is 244 g/mol. The number of thioether (sulfide) groups is 1. The van der Waals surface area contributed by atoms with Crippen LogP contribution < -0.4 is 5.32 Å². The fraction of sp³-hybridized carbons (Fsp3) is 0.200. The molecule has 0 aliphatic heterocycles. The molecule has 1 N–H and O–H groups in total. The van der Waals surface area contributed by atoms with Crippen LogP contribution in [0.15, 0.2) is 36.0 Å². The van der Waals surface area contributed by atoms with Gasteiger partial charge in [0, 0.05) is 12.7 Å². The standard InChI is InChI=1S/C10H10F2N2OS/c1-2-5-13-8(15)7-4-3-6-14-9(7)16-10(11)12/h2-4,6,10H,1,5H2,(H,13,15). The van der Waals surface area contributed by atoms with E-state index in [9.17, 15) is 13.6 Å². The van der Waals surface area contributed by atoms with E-state index in [4.69, 9.17) is 0 Å². The smallest absolute Gasteiger partial charge is 0.290 e. The molecule has 6 heteroatoms. The Balaban J connectivity index is 2.85. The fourth-order valence-corrected chi connectivity index (χ4v) is 1.58. The molecule has 0 aromatic carbocycles. The zero-order valence-electron chi connectivity index (χ0n) is 8.32. The van der Waals surface area contributed by atoms with Crippen molar-refractivity contribution < 1.29 is 13.6 Å². The summed E-state index contributed by atoms with van der Waals surface area (Å²) in [6.45, 7) is 3.73. The molecule has 0 saturated heterocycles. The summed E-state index contributed by atoms with van der Waals surface area (Å²) >= 11 is 0.256. The summed E-state index contributed by atoms with van der Waals surface area (Å²) in [5.41, 5.74) is 0.148. The van der Waals surface area contributed by atoms with E-state index in [1.165, 1.54) is 24.4 Å². The van der Waals surface area contributed by atoms with Crippen molar-refractivity contribution in [3.8, 4) is 0 Å². The summed E-state index contributed by atoms with van der Waals surface area (Å²) in [4.78, 5) is 15.3. The van der Waals surface area contributed by atoms with Gasteiger partial charge in [-0.05, 0) is 23.9 Å². The van der Waals surface area contributed by atoms with E-state index in [0.717, 1.165) is 0 Å². The van der Waals surface area contributed by atoms with Gasteiger partial charge in [-0.1, -0.05) is 6.08 Å². The third-order valence-electron chi connectivity index (χ3n) is 1.62. The minimum atomic E-state index is -2.60. The SMILES string of the molecule is C=CCNC(=O)c1cccnc1SC(F)F. The summed E-state index contributed by atoms with van der Waals surface area (Å²) < 4.78 is 24.4. The normalized spacial score (nSPS) is 10.2. The van der Waals surface area contributed by atoms with Crippen LogP contribution in [0.3, 0.4) is 0 Å². The van der Waals surface area contributed by atoms with Crippen LogP contribution in [0, 0.1) is 0 Å². The number of amides is 1. The number of carbonyl (C=O) groups excluding carboxylic acids is 1. The largest absolute Gasteiger partial charge is 0.348 e. The molecule has 0 spiro atoms. The molecule has 86 valence electrons. The molecule has 1 rings (SSSR count). The van der Waals surface area contributed by atoms with Gasteiger partial charge >= 0.3 is 0 Å². The van der Waals surface area contributed by atoms with Gasteiger partial charge in [-0.25, -0.2) is 4.98 Å². The minimum Gasteiger partial charge on any atom is -0.348 e. The minimum absolute atomic E-state index is 0.0269. The Morgan fingerprint density at radius 2 is 2.44 bits per heavy atom. The maximum atomic E-state index is 12.2. The van der Waals surface area contributed by atoms with Gasteiger partial charge in [-0.15, -0.1) is 6.58 Å². The number of nitrogens with one attached hydrogen (secondary N) is 1. The predicted octanol–water partition coefficient (Wildman–Crippen LogP) is 2.31. The Kier molecular flexibility index (Phi) is 4.91. The molecule has 1 aromatic heterocycles. The lowest BCUT2D eigenvalue weighted by molar-refractivity contribution is 0.0954. The van der Waals surface area contributed by atoms with Gasteiger partial charge in [0.2, 0.25) is 0 Å². The zero-order chi connectivity index (χ0) is 12.0. The highest BCUT2D eigenvalue weighted by Gasteiger charge is 2.15. The van der Waals surface area contributed by atoms with E-state index in [0.29, 0.717) is 0 Å². The molecule has 0 fully saturated rings. The molecule has 0 bridgehead atoms. The first-order chi connectivity index (χ1) is 7.65. The highest BCUT2D eigenvalue weighted by Crippen LogP contribution is 2.26. The molecule has 0 aliphatic carbocycles. The molecule has 1 aromatic rings. The first-order valence-corrected chi connectivity index (χ1v) is 5.32. The Hall–Kier alpha value is -1.43. The van der Waals surface area contributed by atoms with Gasteiger partial charge in [0.1, 0.15) is 5.03 Å². The van der Waals surface area contributed by atoms with Crippen molar-refractivity contribution in [2.75, 3.05) is 6.54 Å². The van der Waals surface area contributed by atoms with Crippen LogP contribution in [-0.4, -0.2) is 23.2 Å². The van der Waals surface area contributed by atoms with Crippen LogP contribution in [0.1, 0.15) is 10.4 Å². The maximum absolute atomic E-state index is 12.2. The highest BCUT2D eigenvalue weighted by molar-refractivity contribution is 7.99. The van der Waals surface area contributed by atoms with E-state index >= 15 is 0 Å². The van der Waals surface area contributed by atoms with Crippen molar-refractivity contribution in [1.29, 1.82) is 0 Å². The number of halogens is 2. The molecule has 0 aliphatic rings. The maximum Gasteiger partial charge on any atom is 0.290 e. The van der Waals surface area contributed by atoms with Crippen molar-refractivity contribution in [3.05, 3.63) is 36.5 Å². The van der Waals surface area contributed by atoms with Crippen LogP contribution in [0.25, 0.3) is 0 Å². The third-order valence-corrected chi connectivity index (χ3v) is 2.35. The van der Waals surface area contributed by atoms with Crippen LogP contribution in [0.5, 0.6) is 0 Å². The number of alkyl halides is 2. The van der Waals surface area contributed by atoms with E-state index in [1.54, 1.807) is 0 Å². The second-order valence-corrected chi connectivity index (χ2v) is 3.71. The van der Waals surface area contributed by atoms with E-state index < -0.39 is 11.7 Å². The summed E-state index contributed by atoms with van der Waals surface area (Å²) in [7, 11) is 0. The summed E-state index contributed by atoms with van der Waals surface area (Å²) in [5.74, 6) is -3.03. The molecule has 1 amide bonds. The third kappa shape index (κ3) is 3.62. The molecule has 16 heavy (non-hydrogen) atoms. The molecule has 0 saturated carbocycles. The van der Waals surface area contributed by atoms with Gasteiger partial charge < -0.3 is 5.32 Å². The second kappa shape index (κ2) is 6.22. The average Bonchev–Trinajstić information content (AvgIpc) is 2.26. The van der Waals surface area contributed by atoms with Crippen molar-refractivity contribution in [3.63, 3.8) is 0 Å². The number of hydrogen-bond acceptors (Lipinski definition) is 3. The number of pyridine rings is 1. The molecular formula is C10H10F2N2OS. The van der Waals surface area contributed by atoms with E-state index in [-0.39, 0.29) is 28.9 Å². The first kappa shape index (κ1) is 12.6. The quantitative estimate of drug-likeness (QED) is 0.638. The van der Waals surface area contributed by atoms with E-state index in [1.807, 2.05) is 0 Å². The van der Waals surface area contributed by atoms with Gasteiger partial charge in [-0.2, -0.15) is 8.78 Å². The van der Waals surface area contributed by atoms with Gasteiger partial charge in [-0.3, -0.25) is 4.79 Å².